The van der Waals surface area contributed by atoms with E-state index >= 15 is 0 Å². The molecule has 4 nitrogen and oxygen atoms in total. The molecule has 0 bridgehead atoms. The third kappa shape index (κ3) is 4.67. The first-order chi connectivity index (χ1) is 11.0. The van der Waals surface area contributed by atoms with Gasteiger partial charge in [-0.05, 0) is 36.8 Å². The van der Waals surface area contributed by atoms with Crippen LogP contribution < -0.4 is 9.47 Å². The molecule has 23 heavy (non-hydrogen) atoms. The van der Waals surface area contributed by atoms with Crippen molar-refractivity contribution in [3.05, 3.63) is 56.5 Å². The summed E-state index contributed by atoms with van der Waals surface area (Å²) in [5, 5.41) is 12.9. The van der Waals surface area contributed by atoms with Crippen molar-refractivity contribution in [3.8, 4) is 11.5 Å². The zero-order chi connectivity index (χ0) is 16.8. The normalized spacial score (nSPS) is 11.0. The lowest BCUT2D eigenvalue weighted by Gasteiger charge is -2.14. The Balaban J connectivity index is 2.25. The molecule has 0 atom stereocenters. The molecule has 0 aromatic heterocycles. The van der Waals surface area contributed by atoms with Gasteiger partial charge in [0.05, 0.1) is 27.9 Å². The number of ether oxygens (including phenoxy) is 2. The van der Waals surface area contributed by atoms with Crippen molar-refractivity contribution in [2.45, 2.75) is 13.5 Å². The fraction of sp³-hybridized carbons (Fsp3) is 0.188. The van der Waals surface area contributed by atoms with Crippen LogP contribution in [0.15, 0.2) is 35.5 Å². The quantitative estimate of drug-likeness (QED) is 0.416. The van der Waals surface area contributed by atoms with Crippen LogP contribution in [0.5, 0.6) is 11.5 Å². The maximum absolute atomic E-state index is 8.63. The maximum atomic E-state index is 8.63. The molecule has 2 aromatic rings. The van der Waals surface area contributed by atoms with Gasteiger partial charge >= 0.3 is 0 Å². The molecule has 0 spiro atoms. The first kappa shape index (κ1) is 17.7. The van der Waals surface area contributed by atoms with Gasteiger partial charge < -0.3 is 14.7 Å². The predicted molar refractivity (Wildman–Crippen MR) is 92.8 cm³/mol. The number of hydrogen-bond donors (Lipinski definition) is 1. The van der Waals surface area contributed by atoms with E-state index in [1.54, 1.807) is 24.3 Å². The highest BCUT2D eigenvalue weighted by molar-refractivity contribution is 6.42. The molecule has 0 aliphatic carbocycles. The van der Waals surface area contributed by atoms with Gasteiger partial charge in [-0.25, -0.2) is 0 Å². The number of rotatable bonds is 6. The lowest BCUT2D eigenvalue weighted by Crippen LogP contribution is -2.01. The van der Waals surface area contributed by atoms with Crippen LogP contribution in [0.2, 0.25) is 15.1 Å². The van der Waals surface area contributed by atoms with Gasteiger partial charge in [-0.1, -0.05) is 46.0 Å². The summed E-state index contributed by atoms with van der Waals surface area (Å²) in [6.07, 6.45) is 1.26. The summed E-state index contributed by atoms with van der Waals surface area (Å²) in [6.45, 7) is 2.55. The van der Waals surface area contributed by atoms with Crippen molar-refractivity contribution in [3.63, 3.8) is 0 Å². The predicted octanol–water partition coefficient (Wildman–Crippen LogP) is 5.43. The van der Waals surface area contributed by atoms with Gasteiger partial charge in [0, 0.05) is 5.56 Å². The van der Waals surface area contributed by atoms with E-state index < -0.39 is 0 Å². The van der Waals surface area contributed by atoms with Crippen molar-refractivity contribution < 1.29 is 14.7 Å². The van der Waals surface area contributed by atoms with Gasteiger partial charge in [0.15, 0.2) is 11.5 Å². The number of oxime groups is 1. The van der Waals surface area contributed by atoms with Crippen LogP contribution in [0.1, 0.15) is 18.1 Å². The second-order valence-corrected chi connectivity index (χ2v) is 5.77. The Hall–Kier alpha value is -1.62. The monoisotopic (exact) mass is 373 g/mol. The molecule has 0 saturated heterocycles. The molecule has 122 valence electrons. The van der Waals surface area contributed by atoms with Gasteiger partial charge in [0.1, 0.15) is 6.61 Å². The summed E-state index contributed by atoms with van der Waals surface area (Å²) in [4.78, 5) is 0. The Bertz CT molecular complexity index is 720. The summed E-state index contributed by atoms with van der Waals surface area (Å²) in [7, 11) is 0. The smallest absolute Gasteiger partial charge is 0.180 e. The minimum atomic E-state index is 0.254. The van der Waals surface area contributed by atoms with E-state index in [-0.39, 0.29) is 6.61 Å². The lowest BCUT2D eigenvalue weighted by molar-refractivity contribution is 0.269. The van der Waals surface area contributed by atoms with E-state index in [1.165, 1.54) is 6.21 Å². The zero-order valence-electron chi connectivity index (χ0n) is 12.2. The zero-order valence-corrected chi connectivity index (χ0v) is 14.5. The van der Waals surface area contributed by atoms with E-state index in [2.05, 4.69) is 5.16 Å². The van der Waals surface area contributed by atoms with Crippen LogP contribution in [0, 0.1) is 0 Å². The third-order valence-corrected chi connectivity index (χ3v) is 3.93. The largest absolute Gasteiger partial charge is 0.490 e. The Labute approximate surface area is 149 Å². The highest BCUT2D eigenvalue weighted by Gasteiger charge is 2.13. The number of halogens is 3. The summed E-state index contributed by atoms with van der Waals surface area (Å²) >= 11 is 18.1. The molecule has 7 heteroatoms. The van der Waals surface area contributed by atoms with Crippen LogP contribution in [-0.2, 0) is 6.61 Å². The van der Waals surface area contributed by atoms with Gasteiger partial charge in [-0.2, -0.15) is 0 Å². The van der Waals surface area contributed by atoms with Gasteiger partial charge in [-0.3, -0.25) is 0 Å². The molecule has 1 N–H and O–H groups in total. The van der Waals surface area contributed by atoms with Crippen LogP contribution in [-0.4, -0.2) is 18.0 Å². The summed E-state index contributed by atoms with van der Waals surface area (Å²) < 4.78 is 11.3. The minimum absolute atomic E-state index is 0.254. The van der Waals surface area contributed by atoms with E-state index in [9.17, 15) is 0 Å². The van der Waals surface area contributed by atoms with Crippen molar-refractivity contribution >= 4 is 41.0 Å². The third-order valence-electron chi connectivity index (χ3n) is 2.91. The fourth-order valence-corrected chi connectivity index (χ4v) is 2.51. The molecule has 0 fully saturated rings. The SMILES string of the molecule is CCOc1cc(/C=N\O)cc(Cl)c1OCc1ccc(Cl)c(Cl)c1. The van der Waals surface area contributed by atoms with Crippen LogP contribution >= 0.6 is 34.8 Å². The van der Waals surface area contributed by atoms with Crippen molar-refractivity contribution in [2.75, 3.05) is 6.61 Å². The molecule has 0 radical (unpaired) electrons. The molecule has 2 rings (SSSR count). The Morgan fingerprint density at radius 1 is 1.04 bits per heavy atom. The van der Waals surface area contributed by atoms with E-state index in [4.69, 9.17) is 49.5 Å². The highest BCUT2D eigenvalue weighted by atomic mass is 35.5. The average Bonchev–Trinajstić information content (AvgIpc) is 2.50. The Morgan fingerprint density at radius 3 is 2.48 bits per heavy atom. The van der Waals surface area contributed by atoms with Crippen LogP contribution in [0.3, 0.4) is 0 Å². The second kappa shape index (κ2) is 8.29. The summed E-state index contributed by atoms with van der Waals surface area (Å²) in [5.41, 5.74) is 1.45. The van der Waals surface area contributed by atoms with E-state index in [0.29, 0.717) is 38.7 Å². The average molecular weight is 375 g/mol. The maximum Gasteiger partial charge on any atom is 0.180 e. The summed E-state index contributed by atoms with van der Waals surface area (Å²) in [6, 6.07) is 8.54. The highest BCUT2D eigenvalue weighted by Crippen LogP contribution is 2.37. The Morgan fingerprint density at radius 2 is 1.83 bits per heavy atom. The lowest BCUT2D eigenvalue weighted by atomic mass is 10.2. The molecule has 0 aliphatic heterocycles. The van der Waals surface area contributed by atoms with Crippen molar-refractivity contribution in [1.82, 2.24) is 0 Å². The standard InChI is InChI=1S/C16H14Cl3NO3/c1-2-22-15-7-11(8-20-21)6-14(19)16(15)23-9-10-3-4-12(17)13(18)5-10/h3-8,21H,2,9H2,1H3/b20-8-. The van der Waals surface area contributed by atoms with Crippen molar-refractivity contribution in [2.24, 2.45) is 5.16 Å². The molecule has 0 unspecified atom stereocenters. The van der Waals surface area contributed by atoms with Gasteiger partial charge in [-0.15, -0.1) is 0 Å². The first-order valence-electron chi connectivity index (χ1n) is 6.75. The molecule has 2 aromatic carbocycles. The van der Waals surface area contributed by atoms with Crippen LogP contribution in [0.4, 0.5) is 0 Å². The minimum Gasteiger partial charge on any atom is -0.490 e. The van der Waals surface area contributed by atoms with E-state index in [0.717, 1.165) is 5.56 Å². The Kier molecular flexibility index (Phi) is 6.39. The topological polar surface area (TPSA) is 51.0 Å². The molecular weight excluding hydrogens is 361 g/mol. The molecule has 0 amide bonds. The fourth-order valence-electron chi connectivity index (χ4n) is 1.92. The second-order valence-electron chi connectivity index (χ2n) is 4.54. The number of benzene rings is 2. The summed E-state index contributed by atoms with van der Waals surface area (Å²) in [5.74, 6) is 0.879. The van der Waals surface area contributed by atoms with Crippen LogP contribution in [0.25, 0.3) is 0 Å². The number of hydrogen-bond acceptors (Lipinski definition) is 4. The number of nitrogens with zero attached hydrogens (tertiary/aromatic N) is 1. The van der Waals surface area contributed by atoms with Crippen molar-refractivity contribution in [1.29, 1.82) is 0 Å². The van der Waals surface area contributed by atoms with E-state index in [1.807, 2.05) is 13.0 Å². The first-order valence-corrected chi connectivity index (χ1v) is 7.89. The molecule has 0 aliphatic rings. The molecule has 0 heterocycles. The molecule has 0 saturated carbocycles. The van der Waals surface area contributed by atoms with Gasteiger partial charge in [0.2, 0.25) is 0 Å². The molecular formula is C16H14Cl3NO3. The van der Waals surface area contributed by atoms with Gasteiger partial charge in [0.25, 0.3) is 0 Å².